The van der Waals surface area contributed by atoms with E-state index in [4.69, 9.17) is 0 Å². The van der Waals surface area contributed by atoms with Crippen molar-refractivity contribution >= 4 is 17.3 Å². The molecule has 0 bridgehead atoms. The fourth-order valence-corrected chi connectivity index (χ4v) is 4.27. The van der Waals surface area contributed by atoms with Gasteiger partial charge in [-0.15, -0.1) is 11.3 Å². The molecule has 2 rings (SSSR count). The van der Waals surface area contributed by atoms with Gasteiger partial charge >= 0.3 is 5.97 Å². The molecule has 112 valence electrons. The zero-order chi connectivity index (χ0) is 14.7. The van der Waals surface area contributed by atoms with Gasteiger partial charge in [-0.25, -0.2) is 9.78 Å². The average molecular weight is 295 g/mol. The molecule has 0 unspecified atom stereocenters. The lowest BCUT2D eigenvalue weighted by atomic mass is 9.77. The zero-order valence-corrected chi connectivity index (χ0v) is 13.5. The van der Waals surface area contributed by atoms with Gasteiger partial charge in [0, 0.05) is 5.92 Å². The molecule has 1 fully saturated rings. The predicted octanol–water partition coefficient (Wildman–Crippen LogP) is 4.72. The van der Waals surface area contributed by atoms with Crippen LogP contribution in [0.3, 0.4) is 0 Å². The minimum Gasteiger partial charge on any atom is -0.477 e. The number of thiazole rings is 1. The van der Waals surface area contributed by atoms with Crippen LogP contribution in [0.5, 0.6) is 0 Å². The topological polar surface area (TPSA) is 50.2 Å². The summed E-state index contributed by atoms with van der Waals surface area (Å²) in [6, 6.07) is 0. The van der Waals surface area contributed by atoms with Gasteiger partial charge in [0.2, 0.25) is 0 Å². The van der Waals surface area contributed by atoms with Gasteiger partial charge in [-0.2, -0.15) is 0 Å². The van der Waals surface area contributed by atoms with E-state index < -0.39 is 5.97 Å². The van der Waals surface area contributed by atoms with Crippen LogP contribution in [-0.2, 0) is 6.42 Å². The third kappa shape index (κ3) is 3.40. The molecule has 1 heterocycles. The summed E-state index contributed by atoms with van der Waals surface area (Å²) in [5.41, 5.74) is 0.797. The van der Waals surface area contributed by atoms with Crippen LogP contribution in [0.15, 0.2) is 0 Å². The molecule has 4 heteroatoms. The summed E-state index contributed by atoms with van der Waals surface area (Å²) in [6.07, 6.45) is 6.58. The lowest BCUT2D eigenvalue weighted by Gasteiger charge is -2.29. The van der Waals surface area contributed by atoms with Crippen LogP contribution in [0.4, 0.5) is 0 Å². The molecule has 0 spiro atoms. The number of hydrogen-bond acceptors (Lipinski definition) is 3. The molecule has 3 nitrogen and oxygen atoms in total. The fourth-order valence-electron chi connectivity index (χ4n) is 3.15. The molecule has 1 aliphatic rings. The van der Waals surface area contributed by atoms with Crippen molar-refractivity contribution in [3.63, 3.8) is 0 Å². The molecule has 1 aromatic heterocycles. The first kappa shape index (κ1) is 15.5. The second-order valence-electron chi connectivity index (χ2n) is 6.24. The Hall–Kier alpha value is -0.900. The highest BCUT2D eigenvalue weighted by molar-refractivity contribution is 7.13. The third-order valence-electron chi connectivity index (χ3n) is 4.46. The summed E-state index contributed by atoms with van der Waals surface area (Å²) >= 11 is 1.41. The first-order chi connectivity index (χ1) is 9.52. The highest BCUT2D eigenvalue weighted by atomic mass is 32.1. The first-order valence-corrected chi connectivity index (χ1v) is 8.57. The second-order valence-corrected chi connectivity index (χ2v) is 7.27. The maximum absolute atomic E-state index is 11.3. The Bertz CT molecular complexity index is 459. The van der Waals surface area contributed by atoms with Crippen LogP contribution in [0, 0.1) is 11.8 Å². The molecular formula is C16H25NO2S. The van der Waals surface area contributed by atoms with E-state index in [2.05, 4.69) is 25.8 Å². The van der Waals surface area contributed by atoms with Crippen LogP contribution in [0.25, 0.3) is 0 Å². The Morgan fingerprint density at radius 2 is 2.00 bits per heavy atom. The van der Waals surface area contributed by atoms with Crippen molar-refractivity contribution in [2.24, 2.45) is 11.8 Å². The molecule has 20 heavy (non-hydrogen) atoms. The van der Waals surface area contributed by atoms with E-state index >= 15 is 0 Å². The maximum Gasteiger partial charge on any atom is 0.347 e. The molecule has 0 atom stereocenters. The van der Waals surface area contributed by atoms with E-state index in [0.29, 0.717) is 10.8 Å². The molecule has 0 radical (unpaired) electrons. The van der Waals surface area contributed by atoms with Gasteiger partial charge in [0.15, 0.2) is 0 Å². The van der Waals surface area contributed by atoms with Crippen LogP contribution in [-0.4, -0.2) is 16.1 Å². The smallest absolute Gasteiger partial charge is 0.347 e. The molecule has 1 aliphatic carbocycles. The molecule has 1 saturated carbocycles. The van der Waals surface area contributed by atoms with Crippen LogP contribution >= 0.6 is 11.3 Å². The monoisotopic (exact) mass is 295 g/mol. The molecular weight excluding hydrogens is 270 g/mol. The van der Waals surface area contributed by atoms with E-state index in [1.165, 1.54) is 37.0 Å². The number of carbonyl (C=O) groups is 1. The lowest BCUT2D eigenvalue weighted by Crippen LogP contribution is -2.17. The molecule has 0 aromatic carbocycles. The third-order valence-corrected chi connectivity index (χ3v) is 5.71. The van der Waals surface area contributed by atoms with Crippen LogP contribution in [0.2, 0.25) is 0 Å². The van der Waals surface area contributed by atoms with Crippen LogP contribution in [0.1, 0.15) is 79.2 Å². The number of carboxylic acids is 1. The number of aromatic carboxylic acids is 1. The molecule has 1 aromatic rings. The number of carboxylic acid groups (broad SMARTS) is 1. The molecule has 0 aliphatic heterocycles. The lowest BCUT2D eigenvalue weighted by molar-refractivity contribution is 0.0700. The van der Waals surface area contributed by atoms with Gasteiger partial charge in [-0.3, -0.25) is 0 Å². The Morgan fingerprint density at radius 3 is 2.50 bits per heavy atom. The molecule has 1 N–H and O–H groups in total. The predicted molar refractivity (Wildman–Crippen MR) is 82.6 cm³/mol. The van der Waals surface area contributed by atoms with Gasteiger partial charge in [0.05, 0.1) is 10.7 Å². The van der Waals surface area contributed by atoms with Gasteiger partial charge in [-0.05, 0) is 43.9 Å². The zero-order valence-electron chi connectivity index (χ0n) is 12.7. The highest BCUT2D eigenvalue weighted by Gasteiger charge is 2.28. The number of hydrogen-bond donors (Lipinski definition) is 1. The second kappa shape index (κ2) is 6.70. The highest BCUT2D eigenvalue weighted by Crippen LogP contribution is 2.40. The van der Waals surface area contributed by atoms with E-state index in [9.17, 15) is 9.90 Å². The average Bonchev–Trinajstić information content (AvgIpc) is 2.83. The van der Waals surface area contributed by atoms with Crippen molar-refractivity contribution in [3.8, 4) is 0 Å². The van der Waals surface area contributed by atoms with Crippen molar-refractivity contribution in [1.82, 2.24) is 4.98 Å². The van der Waals surface area contributed by atoms with Crippen molar-refractivity contribution in [2.45, 2.75) is 65.2 Å². The van der Waals surface area contributed by atoms with Crippen molar-refractivity contribution < 1.29 is 9.90 Å². The quantitative estimate of drug-likeness (QED) is 0.854. The van der Waals surface area contributed by atoms with E-state index in [0.717, 1.165) is 35.4 Å². The summed E-state index contributed by atoms with van der Waals surface area (Å²) in [6.45, 7) is 6.67. The van der Waals surface area contributed by atoms with Gasteiger partial charge < -0.3 is 5.11 Å². The molecule has 0 amide bonds. The van der Waals surface area contributed by atoms with E-state index in [1.54, 1.807) is 0 Å². The number of aryl methyl sites for hydroxylation is 1. The van der Waals surface area contributed by atoms with Gasteiger partial charge in [-0.1, -0.05) is 27.2 Å². The maximum atomic E-state index is 11.3. The summed E-state index contributed by atoms with van der Waals surface area (Å²) in [5.74, 6) is 1.27. The summed E-state index contributed by atoms with van der Waals surface area (Å²) in [7, 11) is 0. The Labute approximate surface area is 125 Å². The van der Waals surface area contributed by atoms with Gasteiger partial charge in [0.25, 0.3) is 0 Å². The summed E-state index contributed by atoms with van der Waals surface area (Å²) < 4.78 is 0. The summed E-state index contributed by atoms with van der Waals surface area (Å²) in [4.78, 5) is 16.4. The Kier molecular flexibility index (Phi) is 5.19. The van der Waals surface area contributed by atoms with E-state index in [-0.39, 0.29) is 0 Å². The molecule has 0 saturated heterocycles. The number of aromatic nitrogens is 1. The SMILES string of the molecule is CCCc1nc(C2CCC(C(C)C)CC2)sc1C(=O)O. The minimum absolute atomic E-state index is 0.466. The van der Waals surface area contributed by atoms with Crippen molar-refractivity contribution in [1.29, 1.82) is 0 Å². The largest absolute Gasteiger partial charge is 0.477 e. The Balaban J connectivity index is 2.10. The minimum atomic E-state index is -0.812. The standard InChI is InChI=1S/C16H25NO2S/c1-4-5-13-14(16(18)19)20-15(17-13)12-8-6-11(7-9-12)10(2)3/h10-12H,4-9H2,1-3H3,(H,18,19). The number of rotatable bonds is 5. The summed E-state index contributed by atoms with van der Waals surface area (Å²) in [5, 5.41) is 10.4. The van der Waals surface area contributed by atoms with Gasteiger partial charge in [0.1, 0.15) is 4.88 Å². The Morgan fingerprint density at radius 1 is 1.35 bits per heavy atom. The normalized spacial score (nSPS) is 23.2. The number of nitrogens with zero attached hydrogens (tertiary/aromatic N) is 1. The first-order valence-electron chi connectivity index (χ1n) is 7.75. The van der Waals surface area contributed by atoms with Crippen molar-refractivity contribution in [3.05, 3.63) is 15.6 Å². The van der Waals surface area contributed by atoms with Crippen molar-refractivity contribution in [2.75, 3.05) is 0 Å². The van der Waals surface area contributed by atoms with E-state index in [1.807, 2.05) is 0 Å². The fraction of sp³-hybridized carbons (Fsp3) is 0.750. The van der Waals surface area contributed by atoms with Crippen LogP contribution < -0.4 is 0 Å².